The van der Waals surface area contributed by atoms with Gasteiger partial charge in [-0.25, -0.2) is 0 Å². The van der Waals surface area contributed by atoms with E-state index < -0.39 is 0 Å². The fraction of sp³-hybridized carbons (Fsp3) is 0.933. The summed E-state index contributed by atoms with van der Waals surface area (Å²) in [6, 6.07) is 0. The van der Waals surface area contributed by atoms with E-state index in [-0.39, 0.29) is 10.8 Å². The predicted molar refractivity (Wildman–Crippen MR) is 79.7 cm³/mol. The maximum absolute atomic E-state index is 12.3. The third-order valence-electron chi connectivity index (χ3n) is 2.78. The summed E-state index contributed by atoms with van der Waals surface area (Å²) in [5, 5.41) is 0. The molecule has 0 heterocycles. The first-order valence-electron chi connectivity index (χ1n) is 6.55. The highest BCUT2D eigenvalue weighted by Crippen LogP contribution is 2.34. The molecule has 0 saturated heterocycles. The first-order valence-corrected chi connectivity index (χ1v) is 7.54. The fourth-order valence-corrected chi connectivity index (χ4v) is 2.92. The van der Waals surface area contributed by atoms with E-state index in [0.717, 1.165) is 18.6 Å². The molecule has 0 aromatic rings. The average Bonchev–Trinajstić information content (AvgIpc) is 2.08. The number of thioether (sulfide) groups is 1. The van der Waals surface area contributed by atoms with Gasteiger partial charge in [-0.1, -0.05) is 55.4 Å². The van der Waals surface area contributed by atoms with E-state index in [1.165, 1.54) is 0 Å². The Morgan fingerprint density at radius 3 is 1.76 bits per heavy atom. The Hall–Kier alpha value is 0.0200. The number of hydrogen-bond donors (Lipinski definition) is 0. The van der Waals surface area contributed by atoms with E-state index in [1.807, 2.05) is 32.5 Å². The molecule has 0 rings (SSSR count). The van der Waals surface area contributed by atoms with Crippen molar-refractivity contribution in [2.45, 2.75) is 73.0 Å². The summed E-state index contributed by atoms with van der Waals surface area (Å²) >= 11 is 1.98. The molecule has 102 valence electrons. The Labute approximate surface area is 112 Å². The minimum absolute atomic E-state index is 0.184. The molecule has 0 aliphatic carbocycles. The van der Waals surface area contributed by atoms with Crippen molar-refractivity contribution in [2.24, 2.45) is 10.8 Å². The molecule has 2 heteroatoms. The van der Waals surface area contributed by atoms with Crippen LogP contribution in [0.25, 0.3) is 0 Å². The fourth-order valence-electron chi connectivity index (χ4n) is 2.02. The van der Waals surface area contributed by atoms with Crippen LogP contribution in [0.4, 0.5) is 0 Å². The van der Waals surface area contributed by atoms with Crippen molar-refractivity contribution in [3.05, 3.63) is 0 Å². The zero-order valence-electron chi connectivity index (χ0n) is 12.9. The monoisotopic (exact) mass is 258 g/mol. The summed E-state index contributed by atoms with van der Waals surface area (Å²) in [6.45, 7) is 16.9. The molecule has 0 N–H and O–H groups in total. The van der Waals surface area contributed by atoms with Crippen molar-refractivity contribution in [2.75, 3.05) is 5.75 Å². The molecule has 17 heavy (non-hydrogen) atoms. The molecule has 1 nitrogen and oxygen atoms in total. The van der Waals surface area contributed by atoms with Crippen molar-refractivity contribution in [1.82, 2.24) is 0 Å². The molecule has 0 spiro atoms. The zero-order chi connectivity index (χ0) is 13.9. The Bertz CT molecular complexity index is 253. The molecule has 0 aliphatic heterocycles. The molecular weight excluding hydrogens is 228 g/mol. The minimum Gasteiger partial charge on any atom is -0.299 e. The van der Waals surface area contributed by atoms with Crippen LogP contribution in [-0.2, 0) is 4.79 Å². The molecule has 0 unspecified atom stereocenters. The van der Waals surface area contributed by atoms with Gasteiger partial charge in [0.2, 0.25) is 0 Å². The Balaban J connectivity index is 4.16. The van der Waals surface area contributed by atoms with Crippen LogP contribution in [0.15, 0.2) is 0 Å². The molecular formula is C15H30OS. The lowest BCUT2D eigenvalue weighted by Crippen LogP contribution is -2.35. The lowest BCUT2D eigenvalue weighted by atomic mass is 9.72. The number of ketones is 1. The van der Waals surface area contributed by atoms with Crippen LogP contribution in [0, 0.1) is 10.8 Å². The second-order valence-corrected chi connectivity index (χ2v) is 9.45. The summed E-state index contributed by atoms with van der Waals surface area (Å²) in [5.41, 5.74) is -0.405. The third kappa shape index (κ3) is 7.13. The van der Waals surface area contributed by atoms with Crippen LogP contribution in [0.5, 0.6) is 0 Å². The van der Waals surface area contributed by atoms with Crippen LogP contribution < -0.4 is 0 Å². The van der Waals surface area contributed by atoms with E-state index in [1.54, 1.807) is 0 Å². The van der Waals surface area contributed by atoms with Crippen LogP contribution in [0.2, 0.25) is 0 Å². The number of Topliss-reactive ketones (excluding diaryl/α,β-unsaturated/α-hetero) is 1. The van der Waals surface area contributed by atoms with Gasteiger partial charge < -0.3 is 0 Å². The summed E-state index contributed by atoms with van der Waals surface area (Å²) in [5.74, 6) is 1.52. The van der Waals surface area contributed by atoms with Crippen molar-refractivity contribution >= 4 is 17.5 Å². The average molecular weight is 258 g/mol. The zero-order valence-corrected chi connectivity index (χ0v) is 13.8. The lowest BCUT2D eigenvalue weighted by Gasteiger charge is -2.31. The summed E-state index contributed by atoms with van der Waals surface area (Å²) < 4.78 is 0.332. The van der Waals surface area contributed by atoms with Crippen molar-refractivity contribution in [3.8, 4) is 0 Å². The number of rotatable bonds is 5. The van der Waals surface area contributed by atoms with Gasteiger partial charge in [-0.05, 0) is 18.6 Å². The number of hydrogen-bond acceptors (Lipinski definition) is 2. The smallest absolute Gasteiger partial charge is 0.143 e. The van der Waals surface area contributed by atoms with Crippen LogP contribution >= 0.6 is 11.8 Å². The Morgan fingerprint density at radius 2 is 1.41 bits per heavy atom. The first kappa shape index (κ1) is 17.0. The molecule has 0 atom stereocenters. The minimum atomic E-state index is -0.222. The van der Waals surface area contributed by atoms with Crippen molar-refractivity contribution in [3.63, 3.8) is 0 Å². The maximum Gasteiger partial charge on any atom is 0.143 e. The molecule has 0 bridgehead atoms. The van der Waals surface area contributed by atoms with E-state index >= 15 is 0 Å². The second-order valence-electron chi connectivity index (χ2n) is 7.53. The van der Waals surface area contributed by atoms with E-state index in [9.17, 15) is 4.79 Å². The van der Waals surface area contributed by atoms with Gasteiger partial charge in [0.15, 0.2) is 0 Å². The standard InChI is InChI=1S/C15H30OS/c1-13(2,3)12(16)15(7,8)10-9-11-17-14(4,5)6/h9-11H2,1-8H3. The largest absolute Gasteiger partial charge is 0.299 e. The van der Waals surface area contributed by atoms with Gasteiger partial charge in [-0.15, -0.1) is 0 Å². The van der Waals surface area contributed by atoms with Gasteiger partial charge in [0, 0.05) is 15.6 Å². The Morgan fingerprint density at radius 1 is 0.941 bits per heavy atom. The summed E-state index contributed by atoms with van der Waals surface area (Å²) in [4.78, 5) is 12.3. The number of carbonyl (C=O) groups excluding carboxylic acids is 1. The van der Waals surface area contributed by atoms with E-state index in [4.69, 9.17) is 0 Å². The highest BCUT2D eigenvalue weighted by Gasteiger charge is 2.35. The SMILES string of the molecule is CC(C)(C)SCCCC(C)(C)C(=O)C(C)(C)C. The molecule has 0 saturated carbocycles. The topological polar surface area (TPSA) is 17.1 Å². The van der Waals surface area contributed by atoms with Gasteiger partial charge in [-0.2, -0.15) is 11.8 Å². The Kier molecular flexibility index (Phi) is 5.78. The van der Waals surface area contributed by atoms with E-state index in [0.29, 0.717) is 10.5 Å². The molecule has 0 aromatic heterocycles. The van der Waals surface area contributed by atoms with E-state index in [2.05, 4.69) is 34.6 Å². The van der Waals surface area contributed by atoms with Crippen molar-refractivity contribution in [1.29, 1.82) is 0 Å². The highest BCUT2D eigenvalue weighted by atomic mass is 32.2. The number of carbonyl (C=O) groups is 1. The van der Waals surface area contributed by atoms with Gasteiger partial charge in [0.05, 0.1) is 0 Å². The quantitative estimate of drug-likeness (QED) is 0.650. The molecule has 0 fully saturated rings. The van der Waals surface area contributed by atoms with Crippen LogP contribution in [0.1, 0.15) is 68.2 Å². The normalized spacial score (nSPS) is 13.9. The molecule has 0 radical (unpaired) electrons. The highest BCUT2D eigenvalue weighted by molar-refractivity contribution is 8.00. The first-order chi connectivity index (χ1) is 7.36. The predicted octanol–water partition coefficient (Wildman–Crippen LogP) is 4.94. The molecule has 0 amide bonds. The van der Waals surface area contributed by atoms with Gasteiger partial charge >= 0.3 is 0 Å². The summed E-state index contributed by atoms with van der Waals surface area (Å²) in [6.07, 6.45) is 2.11. The van der Waals surface area contributed by atoms with Gasteiger partial charge in [0.1, 0.15) is 5.78 Å². The van der Waals surface area contributed by atoms with Crippen molar-refractivity contribution < 1.29 is 4.79 Å². The van der Waals surface area contributed by atoms with Crippen LogP contribution in [-0.4, -0.2) is 16.3 Å². The molecule has 0 aliphatic rings. The van der Waals surface area contributed by atoms with Gasteiger partial charge in [0.25, 0.3) is 0 Å². The molecule has 0 aromatic carbocycles. The van der Waals surface area contributed by atoms with Crippen LogP contribution in [0.3, 0.4) is 0 Å². The third-order valence-corrected chi connectivity index (χ3v) is 4.14. The maximum atomic E-state index is 12.3. The lowest BCUT2D eigenvalue weighted by molar-refractivity contribution is -0.135. The van der Waals surface area contributed by atoms with Gasteiger partial charge in [-0.3, -0.25) is 4.79 Å². The summed E-state index contributed by atoms with van der Waals surface area (Å²) in [7, 11) is 0. The second kappa shape index (κ2) is 5.77.